The summed E-state index contributed by atoms with van der Waals surface area (Å²) in [5.41, 5.74) is 4.52. The molecule has 1 N–H and O–H groups in total. The van der Waals surface area contributed by atoms with Crippen LogP contribution in [0.3, 0.4) is 0 Å². The van der Waals surface area contributed by atoms with Gasteiger partial charge in [0.25, 0.3) is 5.69 Å². The van der Waals surface area contributed by atoms with Crippen molar-refractivity contribution < 1.29 is 4.92 Å². The molecule has 0 bridgehead atoms. The second-order valence-corrected chi connectivity index (χ2v) is 4.53. The van der Waals surface area contributed by atoms with Crippen molar-refractivity contribution in [3.8, 4) is 11.3 Å². The van der Waals surface area contributed by atoms with Gasteiger partial charge >= 0.3 is 0 Å². The van der Waals surface area contributed by atoms with Gasteiger partial charge in [-0.1, -0.05) is 6.92 Å². The van der Waals surface area contributed by atoms with Crippen LogP contribution in [0.25, 0.3) is 11.3 Å². The molecular formula is C12H12N4O2S. The van der Waals surface area contributed by atoms with Crippen LogP contribution in [0.15, 0.2) is 34.7 Å². The quantitative estimate of drug-likeness (QED) is 0.514. The van der Waals surface area contributed by atoms with Crippen LogP contribution < -0.4 is 5.43 Å². The average Bonchev–Trinajstić information content (AvgIpc) is 2.88. The molecule has 1 aromatic heterocycles. The molecule has 1 heterocycles. The maximum absolute atomic E-state index is 10.6. The van der Waals surface area contributed by atoms with E-state index in [-0.39, 0.29) is 5.69 Å². The van der Waals surface area contributed by atoms with Gasteiger partial charge in [0.2, 0.25) is 5.13 Å². The largest absolute Gasteiger partial charge is 0.269 e. The molecule has 1 aromatic carbocycles. The zero-order chi connectivity index (χ0) is 13.7. The van der Waals surface area contributed by atoms with E-state index >= 15 is 0 Å². The minimum atomic E-state index is -0.419. The molecule has 2 aromatic rings. The summed E-state index contributed by atoms with van der Waals surface area (Å²) in [5, 5.41) is 17.1. The van der Waals surface area contributed by atoms with Crippen LogP contribution in [-0.2, 0) is 0 Å². The van der Waals surface area contributed by atoms with Crippen LogP contribution in [0.1, 0.15) is 13.3 Å². The molecule has 0 saturated carbocycles. The molecule has 0 aliphatic carbocycles. The highest BCUT2D eigenvalue weighted by molar-refractivity contribution is 7.14. The van der Waals surface area contributed by atoms with E-state index in [1.165, 1.54) is 23.5 Å². The van der Waals surface area contributed by atoms with E-state index in [4.69, 9.17) is 0 Å². The maximum atomic E-state index is 10.6. The number of hydrogen-bond donors (Lipinski definition) is 1. The molecule has 0 atom stereocenters. The third kappa shape index (κ3) is 3.35. The smallest absolute Gasteiger partial charge is 0.258 e. The first-order valence-electron chi connectivity index (χ1n) is 5.68. The number of benzene rings is 1. The van der Waals surface area contributed by atoms with E-state index in [2.05, 4.69) is 15.5 Å². The van der Waals surface area contributed by atoms with E-state index in [9.17, 15) is 10.1 Å². The van der Waals surface area contributed by atoms with Gasteiger partial charge in [-0.2, -0.15) is 5.10 Å². The van der Waals surface area contributed by atoms with Gasteiger partial charge in [0.1, 0.15) is 0 Å². The topological polar surface area (TPSA) is 80.4 Å². The molecule has 0 spiro atoms. The van der Waals surface area contributed by atoms with Crippen LogP contribution in [0.5, 0.6) is 0 Å². The lowest BCUT2D eigenvalue weighted by Crippen LogP contribution is -1.89. The summed E-state index contributed by atoms with van der Waals surface area (Å²) in [6.45, 7) is 2.00. The van der Waals surface area contributed by atoms with Crippen LogP contribution in [0.2, 0.25) is 0 Å². The Kier molecular flexibility index (Phi) is 4.19. The first-order valence-corrected chi connectivity index (χ1v) is 6.56. The number of nitrogens with one attached hydrogen (secondary N) is 1. The second-order valence-electron chi connectivity index (χ2n) is 3.67. The molecule has 0 aliphatic rings. The number of thiazole rings is 1. The number of rotatable bonds is 5. The van der Waals surface area contributed by atoms with E-state index in [0.717, 1.165) is 17.7 Å². The number of hydrazone groups is 1. The van der Waals surface area contributed by atoms with Crippen LogP contribution >= 0.6 is 11.3 Å². The van der Waals surface area contributed by atoms with Crippen molar-refractivity contribution in [3.05, 3.63) is 39.8 Å². The summed E-state index contributed by atoms with van der Waals surface area (Å²) < 4.78 is 0. The summed E-state index contributed by atoms with van der Waals surface area (Å²) in [5.74, 6) is 0. The monoisotopic (exact) mass is 276 g/mol. The van der Waals surface area contributed by atoms with Crippen molar-refractivity contribution in [1.82, 2.24) is 4.98 Å². The lowest BCUT2D eigenvalue weighted by Gasteiger charge is -1.96. The summed E-state index contributed by atoms with van der Waals surface area (Å²) >= 11 is 1.44. The van der Waals surface area contributed by atoms with Gasteiger partial charge in [0.15, 0.2) is 0 Å². The number of nitro groups is 1. The number of hydrogen-bond acceptors (Lipinski definition) is 6. The molecule has 0 radical (unpaired) electrons. The highest BCUT2D eigenvalue weighted by atomic mass is 32.1. The van der Waals surface area contributed by atoms with E-state index in [1.807, 2.05) is 12.3 Å². The number of non-ortho nitro benzene ring substituents is 1. The van der Waals surface area contributed by atoms with Crippen molar-refractivity contribution in [1.29, 1.82) is 0 Å². The van der Waals surface area contributed by atoms with E-state index in [1.54, 1.807) is 18.3 Å². The van der Waals surface area contributed by atoms with Crippen molar-refractivity contribution in [3.63, 3.8) is 0 Å². The Morgan fingerprint density at radius 2 is 2.21 bits per heavy atom. The predicted octanol–water partition coefficient (Wildman–Crippen LogP) is 3.53. The summed E-state index contributed by atoms with van der Waals surface area (Å²) in [4.78, 5) is 14.5. The fourth-order valence-corrected chi connectivity index (χ4v) is 2.07. The predicted molar refractivity (Wildman–Crippen MR) is 76.6 cm³/mol. The van der Waals surface area contributed by atoms with Crippen LogP contribution in [0.4, 0.5) is 10.8 Å². The van der Waals surface area contributed by atoms with Gasteiger partial charge in [0.05, 0.1) is 10.6 Å². The Balaban J connectivity index is 2.13. The van der Waals surface area contributed by atoms with Crippen molar-refractivity contribution in [2.45, 2.75) is 13.3 Å². The molecule has 0 aliphatic heterocycles. The Labute approximate surface area is 114 Å². The third-order valence-corrected chi connectivity index (χ3v) is 3.06. The lowest BCUT2D eigenvalue weighted by atomic mass is 10.1. The molecule has 0 saturated heterocycles. The average molecular weight is 276 g/mol. The molecule has 0 unspecified atom stereocenters. The molecule has 19 heavy (non-hydrogen) atoms. The number of anilines is 1. The Morgan fingerprint density at radius 3 is 2.84 bits per heavy atom. The van der Waals surface area contributed by atoms with Crippen molar-refractivity contribution >= 4 is 28.4 Å². The molecule has 7 heteroatoms. The SMILES string of the molecule is CCC=NNc1nc(-c2ccc([N+](=O)[O-])cc2)cs1. The van der Waals surface area contributed by atoms with Crippen molar-refractivity contribution in [2.24, 2.45) is 5.10 Å². The molecule has 6 nitrogen and oxygen atoms in total. The summed E-state index contributed by atoms with van der Waals surface area (Å²) in [7, 11) is 0. The Hall–Kier alpha value is -2.28. The van der Waals surface area contributed by atoms with Gasteiger partial charge in [0, 0.05) is 29.3 Å². The van der Waals surface area contributed by atoms with Gasteiger partial charge in [-0.3, -0.25) is 15.5 Å². The second kappa shape index (κ2) is 6.05. The first kappa shape index (κ1) is 13.2. The van der Waals surface area contributed by atoms with Gasteiger partial charge in [-0.15, -0.1) is 11.3 Å². The number of nitrogens with zero attached hydrogens (tertiary/aromatic N) is 3. The fraction of sp³-hybridized carbons (Fsp3) is 0.167. The van der Waals surface area contributed by atoms with Crippen LogP contribution in [-0.4, -0.2) is 16.1 Å². The highest BCUT2D eigenvalue weighted by Gasteiger charge is 2.07. The Morgan fingerprint density at radius 1 is 1.47 bits per heavy atom. The minimum absolute atomic E-state index is 0.0740. The van der Waals surface area contributed by atoms with Crippen LogP contribution in [0, 0.1) is 10.1 Å². The molecule has 98 valence electrons. The van der Waals surface area contributed by atoms with Crippen molar-refractivity contribution in [2.75, 3.05) is 5.43 Å². The van der Waals surface area contributed by atoms with Gasteiger partial charge in [-0.05, 0) is 18.6 Å². The zero-order valence-corrected chi connectivity index (χ0v) is 11.1. The maximum Gasteiger partial charge on any atom is 0.269 e. The van der Waals surface area contributed by atoms with E-state index < -0.39 is 4.92 Å². The molecule has 2 rings (SSSR count). The standard InChI is InChI=1S/C12H12N4O2S/c1-2-7-13-15-12-14-11(8-19-12)9-3-5-10(6-4-9)16(17)18/h3-8H,2H2,1H3,(H,14,15). The zero-order valence-electron chi connectivity index (χ0n) is 10.2. The third-order valence-electron chi connectivity index (χ3n) is 2.31. The molecule has 0 fully saturated rings. The first-order chi connectivity index (χ1) is 9.20. The summed E-state index contributed by atoms with van der Waals surface area (Å²) in [6.07, 6.45) is 2.61. The minimum Gasteiger partial charge on any atom is -0.258 e. The van der Waals surface area contributed by atoms with E-state index in [0.29, 0.717) is 5.13 Å². The van der Waals surface area contributed by atoms with Gasteiger partial charge < -0.3 is 0 Å². The van der Waals surface area contributed by atoms with Gasteiger partial charge in [-0.25, -0.2) is 4.98 Å². The fourth-order valence-electron chi connectivity index (χ4n) is 1.40. The number of nitro benzene ring substituents is 1. The molecule has 0 amide bonds. The Bertz CT molecular complexity index is 592. The normalized spacial score (nSPS) is 10.8. The lowest BCUT2D eigenvalue weighted by molar-refractivity contribution is -0.384. The molecular weight excluding hydrogens is 264 g/mol. The summed E-state index contributed by atoms with van der Waals surface area (Å²) in [6, 6.07) is 6.31. The highest BCUT2D eigenvalue weighted by Crippen LogP contribution is 2.26. The number of aromatic nitrogens is 1.